The average molecular weight is 415 g/mol. The van der Waals surface area contributed by atoms with Crippen LogP contribution in [-0.4, -0.2) is 28.4 Å². The molecule has 3 amide bonds. The topological polar surface area (TPSA) is 66.5 Å². The summed E-state index contributed by atoms with van der Waals surface area (Å²) in [4.78, 5) is 38.9. The molecular formula is C21H19ClN2O3S. The van der Waals surface area contributed by atoms with Gasteiger partial charge in [-0.05, 0) is 41.1 Å². The molecule has 1 aliphatic rings. The van der Waals surface area contributed by atoms with Crippen molar-refractivity contribution in [3.63, 3.8) is 0 Å². The van der Waals surface area contributed by atoms with E-state index >= 15 is 0 Å². The second-order valence-corrected chi connectivity index (χ2v) is 7.93. The summed E-state index contributed by atoms with van der Waals surface area (Å²) in [6, 6.07) is 14.0. The number of carbonyl (C=O) groups excluding carboxylic acids is 3. The van der Waals surface area contributed by atoms with Crippen LogP contribution in [0.3, 0.4) is 0 Å². The van der Waals surface area contributed by atoms with E-state index in [-0.39, 0.29) is 24.3 Å². The molecule has 5 nitrogen and oxygen atoms in total. The fourth-order valence-corrected chi connectivity index (χ4v) is 3.92. The largest absolute Gasteiger partial charge is 0.326 e. The fraction of sp³-hybridized carbons (Fsp3) is 0.190. The quantitative estimate of drug-likeness (QED) is 0.714. The smallest absolute Gasteiger partial charge is 0.268 e. The first-order chi connectivity index (χ1) is 13.4. The van der Waals surface area contributed by atoms with E-state index in [9.17, 15) is 14.4 Å². The van der Waals surface area contributed by atoms with Crippen LogP contribution in [0.2, 0.25) is 5.02 Å². The summed E-state index contributed by atoms with van der Waals surface area (Å²) in [6.07, 6.45) is 0. The Morgan fingerprint density at radius 1 is 1.04 bits per heavy atom. The van der Waals surface area contributed by atoms with Gasteiger partial charge in [-0.3, -0.25) is 19.3 Å². The zero-order valence-electron chi connectivity index (χ0n) is 15.5. The van der Waals surface area contributed by atoms with Gasteiger partial charge < -0.3 is 5.32 Å². The van der Waals surface area contributed by atoms with Crippen molar-refractivity contribution < 1.29 is 14.4 Å². The summed E-state index contributed by atoms with van der Waals surface area (Å²) in [5.74, 6) is -0.0947. The van der Waals surface area contributed by atoms with Crippen molar-refractivity contribution in [1.29, 1.82) is 0 Å². The maximum Gasteiger partial charge on any atom is 0.268 e. The van der Waals surface area contributed by atoms with Gasteiger partial charge in [-0.25, -0.2) is 0 Å². The van der Waals surface area contributed by atoms with Crippen molar-refractivity contribution >= 4 is 52.3 Å². The Hall–Kier alpha value is -2.57. The van der Waals surface area contributed by atoms with Crippen LogP contribution in [0.4, 0.5) is 5.69 Å². The second-order valence-electron chi connectivity index (χ2n) is 6.22. The summed E-state index contributed by atoms with van der Waals surface area (Å²) in [7, 11) is 0. The number of anilines is 1. The monoisotopic (exact) mass is 414 g/mol. The van der Waals surface area contributed by atoms with Gasteiger partial charge in [0.15, 0.2) is 0 Å². The van der Waals surface area contributed by atoms with Crippen molar-refractivity contribution in [3.05, 3.63) is 69.6 Å². The highest BCUT2D eigenvalue weighted by Crippen LogP contribution is 2.37. The lowest BCUT2D eigenvalue weighted by Crippen LogP contribution is -2.30. The number of halogens is 1. The predicted molar refractivity (Wildman–Crippen MR) is 113 cm³/mol. The van der Waals surface area contributed by atoms with E-state index in [1.807, 2.05) is 6.92 Å². The van der Waals surface area contributed by atoms with Crippen LogP contribution in [0.5, 0.6) is 0 Å². The fourth-order valence-electron chi connectivity index (χ4n) is 2.93. The Bertz CT molecular complexity index is 953. The van der Waals surface area contributed by atoms with Gasteiger partial charge >= 0.3 is 0 Å². The van der Waals surface area contributed by atoms with Crippen LogP contribution < -0.4 is 5.32 Å². The van der Waals surface area contributed by atoms with Gasteiger partial charge in [-0.2, -0.15) is 0 Å². The van der Waals surface area contributed by atoms with E-state index in [1.165, 1.54) is 23.6 Å². The Morgan fingerprint density at radius 2 is 1.68 bits per heavy atom. The van der Waals surface area contributed by atoms with Gasteiger partial charge in [0.2, 0.25) is 5.91 Å². The normalized spacial score (nSPS) is 14.0. The lowest BCUT2D eigenvalue weighted by Gasteiger charge is -2.15. The molecule has 0 radical (unpaired) electrons. The summed E-state index contributed by atoms with van der Waals surface area (Å²) in [5.41, 5.74) is 2.52. The number of nitrogens with one attached hydrogen (secondary N) is 1. The molecule has 0 atom stereocenters. The highest BCUT2D eigenvalue weighted by molar-refractivity contribution is 8.04. The first kappa shape index (κ1) is 20.2. The van der Waals surface area contributed by atoms with E-state index in [2.05, 4.69) is 5.32 Å². The zero-order chi connectivity index (χ0) is 20.3. The molecule has 1 aliphatic heterocycles. The van der Waals surface area contributed by atoms with Gasteiger partial charge in [-0.15, -0.1) is 11.8 Å². The van der Waals surface area contributed by atoms with Crippen LogP contribution in [-0.2, 0) is 20.9 Å². The number of nitrogens with zero attached hydrogens (tertiary/aromatic N) is 1. The van der Waals surface area contributed by atoms with Crippen LogP contribution in [0.15, 0.2) is 53.4 Å². The van der Waals surface area contributed by atoms with Crippen LogP contribution >= 0.6 is 23.4 Å². The molecule has 3 rings (SSSR count). The molecule has 28 heavy (non-hydrogen) atoms. The third kappa shape index (κ3) is 4.29. The van der Waals surface area contributed by atoms with Crippen molar-refractivity contribution in [1.82, 2.24) is 4.90 Å². The molecule has 0 fully saturated rings. The number of hydrogen-bond acceptors (Lipinski definition) is 4. The van der Waals surface area contributed by atoms with Gasteiger partial charge in [0, 0.05) is 17.6 Å². The van der Waals surface area contributed by atoms with Gasteiger partial charge in [0.25, 0.3) is 11.8 Å². The molecule has 0 unspecified atom stereocenters. The minimum absolute atomic E-state index is 0.171. The molecule has 0 aromatic heterocycles. The number of thioether (sulfide) groups is 1. The van der Waals surface area contributed by atoms with E-state index in [4.69, 9.17) is 11.6 Å². The van der Waals surface area contributed by atoms with Gasteiger partial charge in [0.05, 0.1) is 17.0 Å². The highest BCUT2D eigenvalue weighted by Gasteiger charge is 2.38. The molecule has 2 aromatic rings. The average Bonchev–Trinajstić information content (AvgIpc) is 2.89. The van der Waals surface area contributed by atoms with Crippen LogP contribution in [0.1, 0.15) is 25.0 Å². The molecule has 144 valence electrons. The summed E-state index contributed by atoms with van der Waals surface area (Å²) in [6.45, 7) is 3.56. The molecule has 0 bridgehead atoms. The number of carbonyl (C=O) groups is 3. The Morgan fingerprint density at radius 3 is 2.25 bits per heavy atom. The van der Waals surface area contributed by atoms with Crippen molar-refractivity contribution in [2.24, 2.45) is 0 Å². The van der Waals surface area contributed by atoms with E-state index in [0.29, 0.717) is 32.5 Å². The minimum Gasteiger partial charge on any atom is -0.326 e. The molecule has 1 N–H and O–H groups in total. The molecule has 2 aromatic carbocycles. The number of imide groups is 1. The SMILES string of the molecule is CCSC1=C(c2ccc(NC(C)=O)cc2)C(=O)N(Cc2ccc(Cl)cc2)C1=O. The van der Waals surface area contributed by atoms with E-state index in [1.54, 1.807) is 48.5 Å². The van der Waals surface area contributed by atoms with Gasteiger partial charge in [-0.1, -0.05) is 42.8 Å². The number of hydrogen-bond donors (Lipinski definition) is 1. The molecule has 0 saturated carbocycles. The molecular weight excluding hydrogens is 396 g/mol. The lowest BCUT2D eigenvalue weighted by atomic mass is 10.1. The van der Waals surface area contributed by atoms with E-state index < -0.39 is 0 Å². The number of amides is 3. The van der Waals surface area contributed by atoms with E-state index in [0.717, 1.165) is 5.56 Å². The number of benzene rings is 2. The third-order valence-corrected chi connectivity index (χ3v) is 5.37. The van der Waals surface area contributed by atoms with Crippen LogP contribution in [0.25, 0.3) is 5.57 Å². The van der Waals surface area contributed by atoms with Gasteiger partial charge in [0.1, 0.15) is 0 Å². The van der Waals surface area contributed by atoms with Crippen molar-refractivity contribution in [2.45, 2.75) is 20.4 Å². The zero-order valence-corrected chi connectivity index (χ0v) is 17.1. The van der Waals surface area contributed by atoms with Crippen molar-refractivity contribution in [2.75, 3.05) is 11.1 Å². The van der Waals surface area contributed by atoms with Crippen molar-refractivity contribution in [3.8, 4) is 0 Å². The second kappa shape index (κ2) is 8.63. The Labute approximate surface area is 172 Å². The first-order valence-electron chi connectivity index (χ1n) is 8.76. The minimum atomic E-state index is -0.317. The summed E-state index contributed by atoms with van der Waals surface area (Å²) < 4.78 is 0. The Balaban J connectivity index is 1.91. The lowest BCUT2D eigenvalue weighted by molar-refractivity contribution is -0.137. The first-order valence-corrected chi connectivity index (χ1v) is 10.1. The molecule has 0 saturated heterocycles. The van der Waals surface area contributed by atoms with Crippen LogP contribution in [0, 0.1) is 0 Å². The standard InChI is InChI=1S/C21H19ClN2O3S/c1-3-28-19-18(15-6-10-17(11-7-15)23-13(2)25)20(26)24(21(19)27)12-14-4-8-16(22)9-5-14/h4-11H,3,12H2,1-2H3,(H,23,25). The maximum atomic E-state index is 13.1. The highest BCUT2D eigenvalue weighted by atomic mass is 35.5. The number of rotatable bonds is 6. The predicted octanol–water partition coefficient (Wildman–Crippen LogP) is 4.33. The molecule has 7 heteroatoms. The molecule has 0 aliphatic carbocycles. The third-order valence-electron chi connectivity index (χ3n) is 4.16. The molecule has 1 heterocycles. The summed E-state index contributed by atoms with van der Waals surface area (Å²) in [5, 5.41) is 3.29. The summed E-state index contributed by atoms with van der Waals surface area (Å²) >= 11 is 7.27. The maximum absolute atomic E-state index is 13.1. The molecule has 0 spiro atoms. The Kier molecular flexibility index (Phi) is 6.21.